The lowest BCUT2D eigenvalue weighted by Crippen LogP contribution is -2.33. The van der Waals surface area contributed by atoms with E-state index in [0.717, 1.165) is 4.52 Å². The van der Waals surface area contributed by atoms with Crippen molar-refractivity contribution in [2.45, 2.75) is 58.9 Å². The molecule has 34 heavy (non-hydrogen) atoms. The number of carbonyl (C=O) groups is 2. The van der Waals surface area contributed by atoms with Crippen LogP contribution in [0.15, 0.2) is 24.3 Å². The monoisotopic (exact) mass is 497 g/mol. The van der Waals surface area contributed by atoms with E-state index in [4.69, 9.17) is 16.3 Å². The second-order valence-corrected chi connectivity index (χ2v) is 8.37. The van der Waals surface area contributed by atoms with Gasteiger partial charge in [0.05, 0.1) is 25.0 Å². The number of amides is 1. The number of nitrogens with one attached hydrogen (secondary N) is 1. The van der Waals surface area contributed by atoms with Gasteiger partial charge in [-0.15, -0.1) is 5.10 Å². The summed E-state index contributed by atoms with van der Waals surface area (Å²) in [7, 11) is 0. The number of carbonyl (C=O) groups excluding carboxylic acids is 2. The number of benzene rings is 1. The lowest BCUT2D eigenvalue weighted by atomic mass is 10.0. The van der Waals surface area contributed by atoms with Gasteiger partial charge in [0.15, 0.2) is 0 Å². The molecule has 0 aliphatic carbocycles. The van der Waals surface area contributed by atoms with Crippen molar-refractivity contribution >= 4 is 29.3 Å². The number of nitrogens with zero attached hydrogens (tertiary/aromatic N) is 4. The number of aromatic nitrogens is 4. The molecule has 12 heteroatoms. The number of rotatable bonds is 7. The van der Waals surface area contributed by atoms with Crippen LogP contribution < -0.4 is 5.32 Å². The quantitative estimate of drug-likeness (QED) is 0.492. The molecule has 0 radical (unpaired) electrons. The number of hydrogen-bond acceptors (Lipinski definition) is 6. The van der Waals surface area contributed by atoms with E-state index in [1.807, 2.05) is 0 Å². The van der Waals surface area contributed by atoms with Crippen LogP contribution in [0, 0.1) is 13.8 Å². The van der Waals surface area contributed by atoms with Gasteiger partial charge in [0.2, 0.25) is 5.91 Å². The number of aryl methyl sites for hydroxylation is 2. The van der Waals surface area contributed by atoms with Crippen LogP contribution in [0.4, 0.5) is 13.2 Å². The number of ether oxygens (including phenoxy) is 1. The average molecular weight is 498 g/mol. The lowest BCUT2D eigenvalue weighted by Gasteiger charge is -2.21. The minimum absolute atomic E-state index is 0.152. The zero-order valence-corrected chi connectivity index (χ0v) is 19.7. The smallest absolute Gasteiger partial charge is 0.453 e. The van der Waals surface area contributed by atoms with Crippen molar-refractivity contribution in [3.63, 3.8) is 0 Å². The molecule has 0 aliphatic rings. The zero-order valence-electron chi connectivity index (χ0n) is 18.9. The molecule has 1 N–H and O–H groups in total. The predicted octanol–water partition coefficient (Wildman–Crippen LogP) is 4.16. The Bertz CT molecular complexity index is 1230. The maximum atomic E-state index is 13.0. The van der Waals surface area contributed by atoms with Gasteiger partial charge in [0.25, 0.3) is 11.6 Å². The molecule has 1 aromatic carbocycles. The first-order chi connectivity index (χ1) is 15.9. The van der Waals surface area contributed by atoms with E-state index in [2.05, 4.69) is 20.4 Å². The molecule has 2 heterocycles. The molecule has 1 atom stereocenters. The molecule has 1 unspecified atom stereocenters. The number of alkyl halides is 3. The van der Waals surface area contributed by atoms with Crippen LogP contribution in [0.3, 0.4) is 0 Å². The van der Waals surface area contributed by atoms with E-state index in [9.17, 15) is 22.8 Å². The summed E-state index contributed by atoms with van der Waals surface area (Å²) in [5, 5.41) is 6.63. The van der Waals surface area contributed by atoms with Gasteiger partial charge in [-0.1, -0.05) is 29.8 Å². The summed E-state index contributed by atoms with van der Waals surface area (Å²) >= 11 is 6.28. The zero-order chi connectivity index (χ0) is 25.2. The number of fused-ring (bicyclic) bond motifs is 1. The third-order valence-electron chi connectivity index (χ3n) is 4.99. The third kappa shape index (κ3) is 5.82. The van der Waals surface area contributed by atoms with Crippen molar-refractivity contribution in [1.82, 2.24) is 24.9 Å². The molecule has 0 saturated carbocycles. The molecule has 0 bridgehead atoms. The molecule has 0 saturated heterocycles. The van der Waals surface area contributed by atoms with Gasteiger partial charge < -0.3 is 10.1 Å². The van der Waals surface area contributed by atoms with E-state index >= 15 is 0 Å². The van der Waals surface area contributed by atoms with Crippen molar-refractivity contribution in [2.75, 3.05) is 0 Å². The van der Waals surface area contributed by atoms with Gasteiger partial charge in [0, 0.05) is 22.0 Å². The topological polar surface area (TPSA) is 98.5 Å². The first kappa shape index (κ1) is 25.4. The normalized spacial score (nSPS) is 12.7. The molecule has 2 aromatic heterocycles. The molecule has 182 valence electrons. The van der Waals surface area contributed by atoms with E-state index in [-0.39, 0.29) is 24.7 Å². The highest BCUT2D eigenvalue weighted by atomic mass is 35.5. The summed E-state index contributed by atoms with van der Waals surface area (Å²) in [4.78, 5) is 32.7. The highest BCUT2D eigenvalue weighted by molar-refractivity contribution is 6.31. The Morgan fingerprint density at radius 3 is 2.47 bits per heavy atom. The molecule has 1 amide bonds. The first-order valence-electron chi connectivity index (χ1n) is 10.4. The average Bonchev–Trinajstić information content (AvgIpc) is 3.15. The fraction of sp³-hybridized carbons (Fsp3) is 0.409. The van der Waals surface area contributed by atoms with E-state index < -0.39 is 29.9 Å². The Kier molecular flexibility index (Phi) is 7.44. The number of halogens is 4. The minimum atomic E-state index is -4.72. The Morgan fingerprint density at radius 1 is 1.18 bits per heavy atom. The van der Waals surface area contributed by atoms with Gasteiger partial charge >= 0.3 is 12.1 Å². The van der Waals surface area contributed by atoms with Crippen LogP contribution in [0.1, 0.15) is 54.6 Å². The Morgan fingerprint density at radius 2 is 1.85 bits per heavy atom. The van der Waals surface area contributed by atoms with Crippen molar-refractivity contribution in [3.05, 3.63) is 57.6 Å². The summed E-state index contributed by atoms with van der Waals surface area (Å²) in [6.07, 6.45) is -5.41. The van der Waals surface area contributed by atoms with Crippen molar-refractivity contribution in [1.29, 1.82) is 0 Å². The standard InChI is InChI=1S/C22H23ClF3N5O3/c1-11(2)34-19(33)10-17(14-7-5-6-8-16(14)23)28-18(32)9-15-12(3)27-21-29-20(22(24,25)26)30-31(21)13(15)4/h5-8,11,17H,9-10H2,1-4H3,(H,28,32). The van der Waals surface area contributed by atoms with Gasteiger partial charge in [0.1, 0.15) is 0 Å². The van der Waals surface area contributed by atoms with Gasteiger partial charge in [-0.25, -0.2) is 9.50 Å². The van der Waals surface area contributed by atoms with Gasteiger partial charge in [-0.05, 0) is 39.3 Å². The molecule has 0 aliphatic heterocycles. The summed E-state index contributed by atoms with van der Waals surface area (Å²) in [5.41, 5.74) is 1.57. The second kappa shape index (κ2) is 9.96. The fourth-order valence-electron chi connectivity index (χ4n) is 3.46. The van der Waals surface area contributed by atoms with Crippen LogP contribution in [0.5, 0.6) is 0 Å². The van der Waals surface area contributed by atoms with Crippen molar-refractivity contribution in [3.8, 4) is 0 Å². The van der Waals surface area contributed by atoms with Crippen LogP contribution in [-0.2, 0) is 26.9 Å². The minimum Gasteiger partial charge on any atom is -0.463 e. The summed E-state index contributed by atoms with van der Waals surface area (Å²) in [6, 6.07) is 6.00. The molecule has 8 nitrogen and oxygen atoms in total. The molecule has 0 fully saturated rings. The molecule has 3 rings (SSSR count). The molecular weight excluding hydrogens is 475 g/mol. The SMILES string of the molecule is Cc1nc2nc(C(F)(F)F)nn2c(C)c1CC(=O)NC(CC(=O)OC(C)C)c1ccccc1Cl. The highest BCUT2D eigenvalue weighted by Crippen LogP contribution is 2.28. The summed E-state index contributed by atoms with van der Waals surface area (Å²) in [5.74, 6) is -2.52. The van der Waals surface area contributed by atoms with Gasteiger partial charge in [-0.3, -0.25) is 9.59 Å². The highest BCUT2D eigenvalue weighted by Gasteiger charge is 2.37. The van der Waals surface area contributed by atoms with Crippen LogP contribution in [-0.4, -0.2) is 37.6 Å². The number of hydrogen-bond donors (Lipinski definition) is 1. The third-order valence-corrected chi connectivity index (χ3v) is 5.34. The Hall–Kier alpha value is -3.21. The first-order valence-corrected chi connectivity index (χ1v) is 10.8. The number of esters is 1. The maximum absolute atomic E-state index is 13.0. The van der Waals surface area contributed by atoms with Crippen molar-refractivity contribution in [2.24, 2.45) is 0 Å². The molecule has 0 spiro atoms. The second-order valence-electron chi connectivity index (χ2n) is 7.97. The van der Waals surface area contributed by atoms with E-state index in [0.29, 0.717) is 27.5 Å². The Balaban J connectivity index is 1.87. The molecular formula is C22H23ClF3N5O3. The predicted molar refractivity (Wildman–Crippen MR) is 117 cm³/mol. The maximum Gasteiger partial charge on any atom is 0.453 e. The largest absolute Gasteiger partial charge is 0.463 e. The lowest BCUT2D eigenvalue weighted by molar-refractivity contribution is -0.148. The van der Waals surface area contributed by atoms with Crippen LogP contribution in [0.2, 0.25) is 5.02 Å². The van der Waals surface area contributed by atoms with E-state index in [1.54, 1.807) is 45.0 Å². The molecule has 3 aromatic rings. The van der Waals surface area contributed by atoms with Crippen LogP contribution >= 0.6 is 11.6 Å². The fourth-order valence-corrected chi connectivity index (χ4v) is 3.73. The van der Waals surface area contributed by atoms with Crippen LogP contribution in [0.25, 0.3) is 5.78 Å². The summed E-state index contributed by atoms with van der Waals surface area (Å²) in [6.45, 7) is 6.53. The van der Waals surface area contributed by atoms with E-state index in [1.165, 1.54) is 6.92 Å². The van der Waals surface area contributed by atoms with Gasteiger partial charge in [-0.2, -0.15) is 18.2 Å². The Labute approximate surface area is 198 Å². The summed E-state index contributed by atoms with van der Waals surface area (Å²) < 4.78 is 45.2. The van der Waals surface area contributed by atoms with Crippen molar-refractivity contribution < 1.29 is 27.5 Å².